The van der Waals surface area contributed by atoms with Crippen LogP contribution in [0.1, 0.15) is 11.1 Å². The van der Waals surface area contributed by atoms with Gasteiger partial charge in [0, 0.05) is 4.47 Å². The summed E-state index contributed by atoms with van der Waals surface area (Å²) < 4.78 is 13.8. The summed E-state index contributed by atoms with van der Waals surface area (Å²) in [4.78, 5) is 0. The molecular formula is C8H8BrF. The zero-order chi connectivity index (χ0) is 7.72. The fraction of sp³-hybridized carbons (Fsp3) is 0.250. The van der Waals surface area contributed by atoms with E-state index in [9.17, 15) is 4.39 Å². The Labute approximate surface area is 68.2 Å². The molecule has 0 aliphatic heterocycles. The maximum absolute atomic E-state index is 13.0. The van der Waals surface area contributed by atoms with Gasteiger partial charge in [-0.1, -0.05) is 22.0 Å². The lowest BCUT2D eigenvalue weighted by molar-refractivity contribution is 0.608. The molecular weight excluding hydrogens is 195 g/mol. The monoisotopic (exact) mass is 202 g/mol. The van der Waals surface area contributed by atoms with Crippen molar-refractivity contribution in [3.8, 4) is 0 Å². The molecule has 0 heterocycles. The van der Waals surface area contributed by atoms with E-state index in [0.717, 1.165) is 4.47 Å². The number of rotatable bonds is 0. The largest absolute Gasteiger partial charge is 0.206 e. The van der Waals surface area contributed by atoms with Gasteiger partial charge in [0.05, 0.1) is 0 Å². The molecule has 0 atom stereocenters. The minimum atomic E-state index is -0.116. The Morgan fingerprint density at radius 1 is 1.30 bits per heavy atom. The Morgan fingerprint density at radius 3 is 2.40 bits per heavy atom. The lowest BCUT2D eigenvalue weighted by Crippen LogP contribution is -1.87. The van der Waals surface area contributed by atoms with E-state index in [1.165, 1.54) is 0 Å². The van der Waals surface area contributed by atoms with E-state index in [1.54, 1.807) is 19.9 Å². The fourth-order valence-corrected chi connectivity index (χ4v) is 1.10. The molecule has 54 valence electrons. The summed E-state index contributed by atoms with van der Waals surface area (Å²) in [5.74, 6) is -0.116. The molecule has 0 N–H and O–H groups in total. The zero-order valence-corrected chi connectivity index (χ0v) is 7.50. The van der Waals surface area contributed by atoms with Crippen molar-refractivity contribution in [3.63, 3.8) is 0 Å². The number of hydrogen-bond acceptors (Lipinski definition) is 0. The molecule has 1 rings (SSSR count). The van der Waals surface area contributed by atoms with Crippen molar-refractivity contribution in [2.24, 2.45) is 0 Å². The first-order valence-electron chi connectivity index (χ1n) is 3.04. The molecule has 0 aromatic heterocycles. The van der Waals surface area contributed by atoms with E-state index < -0.39 is 0 Å². The van der Waals surface area contributed by atoms with E-state index in [2.05, 4.69) is 15.9 Å². The van der Waals surface area contributed by atoms with Crippen molar-refractivity contribution in [2.75, 3.05) is 0 Å². The van der Waals surface area contributed by atoms with Crippen molar-refractivity contribution in [2.45, 2.75) is 13.8 Å². The second kappa shape index (κ2) is 2.70. The maximum Gasteiger partial charge on any atom is 0.130 e. The van der Waals surface area contributed by atoms with E-state index in [-0.39, 0.29) is 5.82 Å². The minimum Gasteiger partial charge on any atom is -0.206 e. The lowest BCUT2D eigenvalue weighted by Gasteiger charge is -2.01. The van der Waals surface area contributed by atoms with Crippen LogP contribution in [-0.2, 0) is 0 Å². The predicted molar refractivity (Wildman–Crippen MR) is 43.6 cm³/mol. The average Bonchev–Trinajstić information content (AvgIpc) is 1.93. The van der Waals surface area contributed by atoms with Crippen LogP contribution in [0, 0.1) is 19.7 Å². The summed E-state index contributed by atoms with van der Waals surface area (Å²) in [7, 11) is 0. The third-order valence-corrected chi connectivity index (χ3v) is 2.37. The first-order valence-corrected chi connectivity index (χ1v) is 3.83. The van der Waals surface area contributed by atoms with Crippen LogP contribution >= 0.6 is 15.9 Å². The van der Waals surface area contributed by atoms with E-state index in [0.29, 0.717) is 11.1 Å². The molecule has 2 heteroatoms. The fourth-order valence-electron chi connectivity index (χ4n) is 0.797. The summed E-state index contributed by atoms with van der Waals surface area (Å²) in [6.45, 7) is 3.52. The average molecular weight is 203 g/mol. The molecule has 0 nitrogen and oxygen atoms in total. The third-order valence-electron chi connectivity index (χ3n) is 1.51. The van der Waals surface area contributed by atoms with Gasteiger partial charge < -0.3 is 0 Å². The highest BCUT2D eigenvalue weighted by Gasteiger charge is 2.02. The van der Waals surface area contributed by atoms with E-state index >= 15 is 0 Å². The molecule has 0 amide bonds. The molecule has 0 fully saturated rings. The first kappa shape index (κ1) is 7.73. The molecule has 0 aliphatic rings. The highest BCUT2D eigenvalue weighted by Crippen LogP contribution is 2.20. The van der Waals surface area contributed by atoms with Crippen LogP contribution in [0.5, 0.6) is 0 Å². The van der Waals surface area contributed by atoms with Crippen LogP contribution in [0.2, 0.25) is 0 Å². The molecule has 0 saturated heterocycles. The van der Waals surface area contributed by atoms with Crippen molar-refractivity contribution >= 4 is 15.9 Å². The lowest BCUT2D eigenvalue weighted by atomic mass is 10.1. The van der Waals surface area contributed by atoms with Crippen LogP contribution < -0.4 is 0 Å². The SMILES string of the molecule is Cc1ccc(Br)c(C)c1F. The van der Waals surface area contributed by atoms with Gasteiger partial charge in [-0.25, -0.2) is 4.39 Å². The van der Waals surface area contributed by atoms with Crippen LogP contribution in [0.3, 0.4) is 0 Å². The predicted octanol–water partition coefficient (Wildman–Crippen LogP) is 3.21. The van der Waals surface area contributed by atoms with E-state index in [1.807, 2.05) is 6.07 Å². The Bertz CT molecular complexity index is 229. The smallest absolute Gasteiger partial charge is 0.130 e. The molecule has 0 radical (unpaired) electrons. The topological polar surface area (TPSA) is 0 Å². The Kier molecular flexibility index (Phi) is 2.09. The third kappa shape index (κ3) is 1.21. The van der Waals surface area contributed by atoms with Crippen molar-refractivity contribution in [1.29, 1.82) is 0 Å². The summed E-state index contributed by atoms with van der Waals surface area (Å²) in [6.07, 6.45) is 0. The van der Waals surface area contributed by atoms with Gasteiger partial charge in [0.1, 0.15) is 5.82 Å². The van der Waals surface area contributed by atoms with Gasteiger partial charge in [-0.3, -0.25) is 0 Å². The van der Waals surface area contributed by atoms with Gasteiger partial charge >= 0.3 is 0 Å². The highest BCUT2D eigenvalue weighted by atomic mass is 79.9. The maximum atomic E-state index is 13.0. The van der Waals surface area contributed by atoms with Gasteiger partial charge in [0.15, 0.2) is 0 Å². The molecule has 1 aromatic rings. The summed E-state index contributed by atoms with van der Waals surface area (Å²) in [6, 6.07) is 3.61. The molecule has 0 bridgehead atoms. The van der Waals surface area contributed by atoms with Crippen LogP contribution in [-0.4, -0.2) is 0 Å². The van der Waals surface area contributed by atoms with Gasteiger partial charge in [-0.2, -0.15) is 0 Å². The van der Waals surface area contributed by atoms with Crippen LogP contribution in [0.4, 0.5) is 4.39 Å². The molecule has 0 unspecified atom stereocenters. The number of halogens is 2. The number of benzene rings is 1. The Hall–Kier alpha value is -0.370. The summed E-state index contributed by atoms with van der Waals surface area (Å²) >= 11 is 3.24. The van der Waals surface area contributed by atoms with Gasteiger partial charge in [0.2, 0.25) is 0 Å². The quantitative estimate of drug-likeness (QED) is 0.607. The summed E-state index contributed by atoms with van der Waals surface area (Å²) in [5.41, 5.74) is 1.38. The number of aryl methyl sites for hydroxylation is 1. The number of hydrogen-bond donors (Lipinski definition) is 0. The molecule has 0 spiro atoms. The minimum absolute atomic E-state index is 0.116. The summed E-state index contributed by atoms with van der Waals surface area (Å²) in [5, 5.41) is 0. The second-order valence-electron chi connectivity index (χ2n) is 2.30. The van der Waals surface area contributed by atoms with Crippen molar-refractivity contribution in [1.82, 2.24) is 0 Å². The van der Waals surface area contributed by atoms with Gasteiger partial charge in [0.25, 0.3) is 0 Å². The molecule has 0 aliphatic carbocycles. The van der Waals surface area contributed by atoms with Crippen molar-refractivity contribution in [3.05, 3.63) is 33.5 Å². The molecule has 1 aromatic carbocycles. The first-order chi connectivity index (χ1) is 4.63. The molecule has 0 saturated carbocycles. The van der Waals surface area contributed by atoms with Crippen molar-refractivity contribution < 1.29 is 4.39 Å². The second-order valence-corrected chi connectivity index (χ2v) is 3.16. The standard InChI is InChI=1S/C8H8BrF/c1-5-3-4-7(9)6(2)8(5)10/h3-4H,1-2H3. The van der Waals surface area contributed by atoms with Gasteiger partial charge in [-0.05, 0) is 31.0 Å². The Balaban J connectivity index is 3.34. The highest BCUT2D eigenvalue weighted by molar-refractivity contribution is 9.10. The van der Waals surface area contributed by atoms with Crippen LogP contribution in [0.25, 0.3) is 0 Å². The Morgan fingerprint density at radius 2 is 1.90 bits per heavy atom. The van der Waals surface area contributed by atoms with Crippen LogP contribution in [0.15, 0.2) is 16.6 Å². The van der Waals surface area contributed by atoms with E-state index in [4.69, 9.17) is 0 Å². The zero-order valence-electron chi connectivity index (χ0n) is 5.91. The molecule has 10 heavy (non-hydrogen) atoms. The normalized spacial score (nSPS) is 10.0. The van der Waals surface area contributed by atoms with Gasteiger partial charge in [-0.15, -0.1) is 0 Å².